The molecule has 2 aromatic carbocycles. The molecule has 7 heteroatoms. The zero-order valence-corrected chi connectivity index (χ0v) is 19.6. The number of fused-ring (bicyclic) bond motifs is 1. The van der Waals surface area contributed by atoms with Crippen LogP contribution in [-0.4, -0.2) is 10.8 Å². The Labute approximate surface area is 211 Å². The van der Waals surface area contributed by atoms with Crippen LogP contribution in [0.2, 0.25) is 5.02 Å². The van der Waals surface area contributed by atoms with Gasteiger partial charge in [0.1, 0.15) is 17.4 Å². The molecule has 0 N–H and O–H groups in total. The summed E-state index contributed by atoms with van der Waals surface area (Å²) in [5.74, 6) is 1.55. The van der Waals surface area contributed by atoms with E-state index in [4.69, 9.17) is 24.9 Å². The van der Waals surface area contributed by atoms with E-state index in [1.165, 1.54) is 0 Å². The topological polar surface area (TPSA) is 80.5 Å². The highest BCUT2D eigenvalue weighted by Gasteiger charge is 2.26. The predicted octanol–water partition coefficient (Wildman–Crippen LogP) is 8.08. The van der Waals surface area contributed by atoms with Crippen LogP contribution in [-0.2, 0) is 6.54 Å². The summed E-state index contributed by atoms with van der Waals surface area (Å²) in [6.07, 6.45) is 6.83. The molecule has 6 nitrogen and oxygen atoms in total. The number of furan rings is 3. The third kappa shape index (κ3) is 3.82. The van der Waals surface area contributed by atoms with Crippen LogP contribution in [0.4, 0.5) is 5.88 Å². The molecule has 0 aliphatic heterocycles. The number of benzene rings is 2. The third-order valence-electron chi connectivity index (χ3n) is 5.95. The van der Waals surface area contributed by atoms with Gasteiger partial charge in [0, 0.05) is 40.4 Å². The Bertz CT molecular complexity index is 1730. The minimum Gasteiger partial charge on any atom is -0.464 e. The highest BCUT2D eigenvalue weighted by molar-refractivity contribution is 6.31. The third-order valence-corrected chi connectivity index (χ3v) is 6.32. The molecule has 0 amide bonds. The second-order valence-corrected chi connectivity index (χ2v) is 8.54. The summed E-state index contributed by atoms with van der Waals surface area (Å²) in [5.41, 5.74) is 3.73. The van der Waals surface area contributed by atoms with Crippen molar-refractivity contribution in [2.75, 3.05) is 0 Å². The number of nitrogens with zero attached hydrogens (tertiary/aromatic N) is 3. The fourth-order valence-corrected chi connectivity index (χ4v) is 4.49. The molecule has 0 aliphatic rings. The second kappa shape index (κ2) is 9.14. The van der Waals surface area contributed by atoms with Crippen LogP contribution < -0.4 is 0 Å². The highest BCUT2D eigenvalue weighted by Crippen LogP contribution is 2.42. The van der Waals surface area contributed by atoms with Crippen molar-refractivity contribution >= 4 is 34.6 Å². The van der Waals surface area contributed by atoms with Gasteiger partial charge in [-0.1, -0.05) is 48.0 Å². The molecule has 36 heavy (non-hydrogen) atoms. The maximum atomic E-state index is 10.00. The predicted molar refractivity (Wildman–Crippen MR) is 139 cm³/mol. The number of hydrogen-bond donors (Lipinski definition) is 0. The summed E-state index contributed by atoms with van der Waals surface area (Å²) in [5, 5.41) is 11.7. The molecule has 0 fully saturated rings. The monoisotopic (exact) mass is 491 g/mol. The lowest BCUT2D eigenvalue weighted by molar-refractivity contribution is 0.527. The smallest absolute Gasteiger partial charge is 0.238 e. The molecule has 6 rings (SSSR count). The van der Waals surface area contributed by atoms with Crippen molar-refractivity contribution in [3.8, 4) is 28.9 Å². The number of para-hydroxylation sites is 1. The van der Waals surface area contributed by atoms with E-state index in [2.05, 4.69) is 21.7 Å². The van der Waals surface area contributed by atoms with Gasteiger partial charge in [0.15, 0.2) is 11.5 Å². The Morgan fingerprint density at radius 2 is 1.67 bits per heavy atom. The number of hydrogen-bond acceptors (Lipinski definition) is 5. The van der Waals surface area contributed by atoms with E-state index < -0.39 is 0 Å². The Morgan fingerprint density at radius 3 is 2.42 bits per heavy atom. The van der Waals surface area contributed by atoms with Crippen molar-refractivity contribution in [3.05, 3.63) is 113 Å². The van der Waals surface area contributed by atoms with E-state index in [1.54, 1.807) is 43.0 Å². The fraction of sp³-hybridized carbons (Fsp3) is 0.0345. The summed E-state index contributed by atoms with van der Waals surface area (Å²) in [7, 11) is 0. The maximum Gasteiger partial charge on any atom is 0.238 e. The number of halogens is 1. The minimum absolute atomic E-state index is 0.179. The van der Waals surface area contributed by atoms with Gasteiger partial charge < -0.3 is 17.8 Å². The highest BCUT2D eigenvalue weighted by atomic mass is 35.5. The van der Waals surface area contributed by atoms with Gasteiger partial charge in [0.2, 0.25) is 5.88 Å². The molecule has 0 unspecified atom stereocenters. The van der Waals surface area contributed by atoms with Gasteiger partial charge >= 0.3 is 0 Å². The number of nitriles is 1. The zero-order chi connectivity index (χ0) is 24.5. The molecule has 0 atom stereocenters. The summed E-state index contributed by atoms with van der Waals surface area (Å²) in [6, 6.07) is 25.1. The van der Waals surface area contributed by atoms with Gasteiger partial charge in [-0.05, 0) is 42.0 Å². The fourth-order valence-electron chi connectivity index (χ4n) is 4.30. The van der Waals surface area contributed by atoms with Crippen LogP contribution in [0.3, 0.4) is 0 Å². The summed E-state index contributed by atoms with van der Waals surface area (Å²) in [4.78, 5) is 4.60. The molecule has 4 aromatic heterocycles. The SMILES string of the molecule is N#Cc1c(N=Cc2cn(Cc3ccccc3Cl)c3ccccc23)oc(-c2ccco2)c1-c1ccco1. The molecular formula is C29H18ClN3O3. The summed E-state index contributed by atoms with van der Waals surface area (Å²) < 4.78 is 19.3. The molecule has 0 radical (unpaired) electrons. The molecule has 6 aromatic rings. The van der Waals surface area contributed by atoms with Crippen molar-refractivity contribution < 1.29 is 13.3 Å². The lowest BCUT2D eigenvalue weighted by Gasteiger charge is -2.07. The van der Waals surface area contributed by atoms with Crippen molar-refractivity contribution in [1.82, 2.24) is 4.57 Å². The first-order valence-corrected chi connectivity index (χ1v) is 11.6. The van der Waals surface area contributed by atoms with Crippen molar-refractivity contribution in [3.63, 3.8) is 0 Å². The number of aromatic nitrogens is 1. The van der Waals surface area contributed by atoms with Gasteiger partial charge in [-0.25, -0.2) is 4.99 Å². The van der Waals surface area contributed by atoms with E-state index in [0.29, 0.717) is 29.4 Å². The van der Waals surface area contributed by atoms with Crippen molar-refractivity contribution in [2.24, 2.45) is 4.99 Å². The normalized spacial score (nSPS) is 11.4. The van der Waals surface area contributed by atoms with Crippen molar-refractivity contribution in [2.45, 2.75) is 6.54 Å². The summed E-state index contributed by atoms with van der Waals surface area (Å²) >= 11 is 6.41. The van der Waals surface area contributed by atoms with E-state index >= 15 is 0 Å². The van der Waals surface area contributed by atoms with Crippen LogP contribution in [0, 0.1) is 11.3 Å². The molecule has 0 saturated heterocycles. The molecule has 174 valence electrons. The number of rotatable bonds is 6. The first kappa shape index (κ1) is 21.8. The van der Waals surface area contributed by atoms with E-state index in [9.17, 15) is 5.26 Å². The second-order valence-electron chi connectivity index (χ2n) is 8.13. The first-order chi connectivity index (χ1) is 17.7. The van der Waals surface area contributed by atoms with E-state index in [-0.39, 0.29) is 11.4 Å². The van der Waals surface area contributed by atoms with Crippen LogP contribution in [0.5, 0.6) is 0 Å². The standard InChI is InChI=1S/C29H18ClN3O3/c30-23-9-3-1-7-19(23)17-33-18-20(21-8-2-4-10-24(21)33)16-32-29-22(15-31)27(25-11-5-13-34-25)28(36-29)26-12-6-14-35-26/h1-14,16,18H,17H2. The Balaban J connectivity index is 1.44. The van der Waals surface area contributed by atoms with E-state index in [0.717, 1.165) is 27.1 Å². The van der Waals surface area contributed by atoms with Crippen LogP contribution in [0.1, 0.15) is 16.7 Å². The van der Waals surface area contributed by atoms with E-state index in [1.807, 2.05) is 48.7 Å². The van der Waals surface area contributed by atoms with Gasteiger partial charge in [0.05, 0.1) is 18.1 Å². The Kier molecular flexibility index (Phi) is 5.53. The van der Waals surface area contributed by atoms with Crippen LogP contribution in [0.25, 0.3) is 33.7 Å². The zero-order valence-electron chi connectivity index (χ0n) is 18.9. The summed E-state index contributed by atoms with van der Waals surface area (Å²) in [6.45, 7) is 0.615. The Morgan fingerprint density at radius 1 is 0.917 bits per heavy atom. The molecule has 0 saturated carbocycles. The largest absolute Gasteiger partial charge is 0.464 e. The van der Waals surface area contributed by atoms with Gasteiger partial charge in [-0.15, -0.1) is 0 Å². The lowest BCUT2D eigenvalue weighted by Crippen LogP contribution is -1.98. The number of aliphatic imine (C=N–C) groups is 1. The molecular weight excluding hydrogens is 474 g/mol. The minimum atomic E-state index is 0.179. The van der Waals surface area contributed by atoms with Crippen LogP contribution in [0.15, 0.2) is 110 Å². The molecule has 0 spiro atoms. The van der Waals surface area contributed by atoms with Gasteiger partial charge in [-0.2, -0.15) is 5.26 Å². The van der Waals surface area contributed by atoms with Gasteiger partial charge in [0.25, 0.3) is 0 Å². The van der Waals surface area contributed by atoms with Crippen LogP contribution >= 0.6 is 11.6 Å². The quantitative estimate of drug-likeness (QED) is 0.220. The molecule has 0 aliphatic carbocycles. The molecule has 4 heterocycles. The first-order valence-electron chi connectivity index (χ1n) is 11.2. The molecule has 0 bridgehead atoms. The van der Waals surface area contributed by atoms with Crippen molar-refractivity contribution in [1.29, 1.82) is 5.26 Å². The van der Waals surface area contributed by atoms with Gasteiger partial charge in [-0.3, -0.25) is 0 Å². The lowest BCUT2D eigenvalue weighted by atomic mass is 10.1. The average Bonchev–Trinajstić information content (AvgIpc) is 3.70. The average molecular weight is 492 g/mol. The Hall–Kier alpha value is -4.73. The maximum absolute atomic E-state index is 10.00.